The Morgan fingerprint density at radius 2 is 0.923 bits per heavy atom. The highest BCUT2D eigenvalue weighted by molar-refractivity contribution is 5.57. The fourth-order valence-corrected chi connectivity index (χ4v) is 2.21. The molecule has 2 nitrogen and oxygen atoms in total. The summed E-state index contributed by atoms with van der Waals surface area (Å²) in [6, 6.07) is 11.3. The number of benzene rings is 1. The number of aromatic nitrogens is 2. The van der Waals surface area contributed by atoms with E-state index in [1.807, 2.05) is 24.3 Å². The zero-order valence-corrected chi connectivity index (χ0v) is 13.8. The van der Waals surface area contributed by atoms with Crippen molar-refractivity contribution in [2.24, 2.45) is 0 Å². The number of hydrogen-bond acceptors (Lipinski definition) is 2. The van der Waals surface area contributed by atoms with E-state index in [4.69, 9.17) is 12.8 Å². The third kappa shape index (κ3) is 3.80. The second kappa shape index (κ2) is 8.04. The maximum atomic E-state index is 5.49. The van der Waals surface area contributed by atoms with Gasteiger partial charge in [-0.05, 0) is 24.3 Å². The van der Waals surface area contributed by atoms with Gasteiger partial charge in [-0.1, -0.05) is 47.7 Å². The molecule has 0 aliphatic heterocycles. The van der Waals surface area contributed by atoms with Gasteiger partial charge < -0.3 is 0 Å². The van der Waals surface area contributed by atoms with Crippen LogP contribution in [0.1, 0.15) is 33.4 Å². The summed E-state index contributed by atoms with van der Waals surface area (Å²) in [5.74, 6) is 17.7. The minimum absolute atomic E-state index is 0.666. The zero-order valence-electron chi connectivity index (χ0n) is 13.8. The van der Waals surface area contributed by atoms with Crippen molar-refractivity contribution in [3.63, 3.8) is 0 Å². The van der Waals surface area contributed by atoms with E-state index in [0.717, 1.165) is 22.3 Å². The molecule has 0 saturated heterocycles. The SMILES string of the molecule is C#Cc1cnccc1C#Cc1ccccc1C#Cc1ccncc1C#C. The normalized spacial score (nSPS) is 8.85. The molecule has 3 aromatic rings. The fourth-order valence-electron chi connectivity index (χ4n) is 2.21. The summed E-state index contributed by atoms with van der Waals surface area (Å²) < 4.78 is 0. The van der Waals surface area contributed by atoms with Crippen LogP contribution in [0, 0.1) is 48.4 Å². The summed E-state index contributed by atoms with van der Waals surface area (Å²) in [6.45, 7) is 0. The van der Waals surface area contributed by atoms with Crippen LogP contribution in [0.2, 0.25) is 0 Å². The Labute approximate surface area is 153 Å². The lowest BCUT2D eigenvalue weighted by atomic mass is 10.1. The first kappa shape index (κ1) is 16.6. The molecule has 118 valence electrons. The fraction of sp³-hybridized carbons (Fsp3) is 0. The smallest absolute Gasteiger partial charge is 0.0582 e. The second-order valence-corrected chi connectivity index (χ2v) is 5.18. The quantitative estimate of drug-likeness (QED) is 0.592. The van der Waals surface area contributed by atoms with Crippen LogP contribution in [-0.4, -0.2) is 9.97 Å². The van der Waals surface area contributed by atoms with E-state index in [9.17, 15) is 0 Å². The average molecular weight is 328 g/mol. The van der Waals surface area contributed by atoms with Crippen LogP contribution < -0.4 is 0 Å². The third-order valence-corrected chi connectivity index (χ3v) is 3.54. The molecule has 2 heterocycles. The Balaban J connectivity index is 2.00. The highest BCUT2D eigenvalue weighted by Gasteiger charge is 1.99. The summed E-state index contributed by atoms with van der Waals surface area (Å²) in [4.78, 5) is 8.03. The van der Waals surface area contributed by atoms with E-state index in [2.05, 4.69) is 45.5 Å². The molecule has 0 aliphatic rings. The van der Waals surface area contributed by atoms with E-state index in [1.165, 1.54) is 0 Å². The first-order valence-electron chi connectivity index (χ1n) is 7.76. The molecule has 0 aliphatic carbocycles. The number of terminal acetylenes is 2. The Morgan fingerprint density at radius 1 is 0.538 bits per heavy atom. The van der Waals surface area contributed by atoms with Gasteiger partial charge in [-0.2, -0.15) is 0 Å². The highest BCUT2D eigenvalue weighted by Crippen LogP contribution is 2.09. The van der Waals surface area contributed by atoms with Crippen LogP contribution in [-0.2, 0) is 0 Å². The molecule has 2 heteroatoms. The lowest BCUT2D eigenvalue weighted by Crippen LogP contribution is -1.87. The number of pyridine rings is 2. The summed E-state index contributed by atoms with van der Waals surface area (Å²) in [6.07, 6.45) is 17.6. The third-order valence-electron chi connectivity index (χ3n) is 3.54. The van der Waals surface area contributed by atoms with Crippen molar-refractivity contribution in [1.82, 2.24) is 9.97 Å². The molecule has 0 radical (unpaired) electrons. The first-order chi connectivity index (χ1) is 12.8. The molecule has 0 fully saturated rings. The Kier molecular flexibility index (Phi) is 5.13. The van der Waals surface area contributed by atoms with Gasteiger partial charge in [0, 0.05) is 47.0 Å². The molecule has 0 bridgehead atoms. The summed E-state index contributed by atoms with van der Waals surface area (Å²) in [5.41, 5.74) is 4.48. The van der Waals surface area contributed by atoms with Crippen molar-refractivity contribution in [2.45, 2.75) is 0 Å². The maximum Gasteiger partial charge on any atom is 0.0582 e. The highest BCUT2D eigenvalue weighted by atomic mass is 14.6. The molecule has 3 rings (SSSR count). The van der Waals surface area contributed by atoms with E-state index < -0.39 is 0 Å². The molecule has 2 aromatic heterocycles. The Morgan fingerprint density at radius 3 is 1.31 bits per heavy atom. The van der Waals surface area contributed by atoms with Crippen molar-refractivity contribution in [2.75, 3.05) is 0 Å². The molecular weight excluding hydrogens is 316 g/mol. The predicted octanol–water partition coefficient (Wildman–Crippen LogP) is 3.24. The zero-order chi connectivity index (χ0) is 18.2. The molecule has 1 aromatic carbocycles. The molecule has 26 heavy (non-hydrogen) atoms. The minimum Gasteiger partial charge on any atom is -0.263 e. The van der Waals surface area contributed by atoms with Gasteiger partial charge >= 0.3 is 0 Å². The van der Waals surface area contributed by atoms with Crippen LogP contribution in [0.4, 0.5) is 0 Å². The maximum absolute atomic E-state index is 5.49. The molecule has 0 amide bonds. The van der Waals surface area contributed by atoms with Crippen LogP contribution in [0.25, 0.3) is 0 Å². The van der Waals surface area contributed by atoms with Gasteiger partial charge in [-0.15, -0.1) is 12.8 Å². The summed E-state index contributed by atoms with van der Waals surface area (Å²) in [7, 11) is 0. The van der Waals surface area contributed by atoms with E-state index in [1.54, 1.807) is 36.9 Å². The predicted molar refractivity (Wildman–Crippen MR) is 103 cm³/mol. The van der Waals surface area contributed by atoms with Gasteiger partial charge in [-0.3, -0.25) is 9.97 Å². The van der Waals surface area contributed by atoms with Gasteiger partial charge in [0.1, 0.15) is 0 Å². The summed E-state index contributed by atoms with van der Waals surface area (Å²) >= 11 is 0. The number of nitrogens with zero attached hydrogens (tertiary/aromatic N) is 2. The molecular formula is C24H12N2. The Hall–Kier alpha value is -4.24. The monoisotopic (exact) mass is 328 g/mol. The van der Waals surface area contributed by atoms with Gasteiger partial charge in [0.2, 0.25) is 0 Å². The molecule has 0 atom stereocenters. The lowest BCUT2D eigenvalue weighted by molar-refractivity contribution is 1.30. The van der Waals surface area contributed by atoms with Crippen molar-refractivity contribution >= 4 is 0 Å². The van der Waals surface area contributed by atoms with Gasteiger partial charge in [0.25, 0.3) is 0 Å². The minimum atomic E-state index is 0.666. The first-order valence-corrected chi connectivity index (χ1v) is 7.76. The number of rotatable bonds is 0. The topological polar surface area (TPSA) is 25.8 Å². The largest absolute Gasteiger partial charge is 0.263 e. The van der Waals surface area contributed by atoms with E-state index in [-0.39, 0.29) is 0 Å². The van der Waals surface area contributed by atoms with Gasteiger partial charge in [0.15, 0.2) is 0 Å². The van der Waals surface area contributed by atoms with E-state index >= 15 is 0 Å². The molecule has 0 unspecified atom stereocenters. The van der Waals surface area contributed by atoms with Crippen molar-refractivity contribution in [3.8, 4) is 48.4 Å². The van der Waals surface area contributed by atoms with Crippen LogP contribution in [0.5, 0.6) is 0 Å². The summed E-state index contributed by atoms with van der Waals surface area (Å²) in [5, 5.41) is 0. The Bertz CT molecular complexity index is 1070. The number of hydrogen-bond donors (Lipinski definition) is 0. The molecule has 0 saturated carbocycles. The van der Waals surface area contributed by atoms with E-state index in [0.29, 0.717) is 11.1 Å². The van der Waals surface area contributed by atoms with Crippen molar-refractivity contribution in [1.29, 1.82) is 0 Å². The standard InChI is InChI=1S/C24H12N2/c1-3-19-17-25-15-13-23(19)11-9-21-7-5-6-8-22(21)10-12-24-14-16-26-18-20(24)4-2/h1-2,5-8,13-18H. The van der Waals surface area contributed by atoms with Gasteiger partial charge in [-0.25, -0.2) is 0 Å². The van der Waals surface area contributed by atoms with Gasteiger partial charge in [0.05, 0.1) is 11.1 Å². The molecule has 0 N–H and O–H groups in total. The van der Waals surface area contributed by atoms with Crippen LogP contribution >= 0.6 is 0 Å². The van der Waals surface area contributed by atoms with Crippen LogP contribution in [0.15, 0.2) is 61.2 Å². The second-order valence-electron chi connectivity index (χ2n) is 5.18. The van der Waals surface area contributed by atoms with Crippen LogP contribution in [0.3, 0.4) is 0 Å². The molecule has 0 spiro atoms. The van der Waals surface area contributed by atoms with Crippen molar-refractivity contribution in [3.05, 3.63) is 94.6 Å². The van der Waals surface area contributed by atoms with Crippen molar-refractivity contribution < 1.29 is 0 Å². The lowest BCUT2D eigenvalue weighted by Gasteiger charge is -1.97. The average Bonchev–Trinajstić information content (AvgIpc) is 2.71.